The number of carbonyl (C=O) groups excluding carboxylic acids is 6. The molecule has 1 atom stereocenters. The van der Waals surface area contributed by atoms with E-state index in [1.54, 1.807) is 79.1 Å². The number of benzene rings is 4. The Hall–Kier alpha value is -8.27. The SMILES string of the molecule is O=C1CCC(N2C(=O)c3cccc(NCCCCNC(=O)c4ccc(NC(=O)c5ccc(-c6cc(-c7ccc([N+](=O)[O-])cc7)nc(-c7ccco7)c6)cc5)cc4)c3C2=O)C(=O)N1. The van der Waals surface area contributed by atoms with E-state index < -0.39 is 34.6 Å². The lowest BCUT2D eigenvalue weighted by molar-refractivity contribution is -0.384. The average Bonchev–Trinajstić information content (AvgIpc) is 3.92. The van der Waals surface area contributed by atoms with Gasteiger partial charge >= 0.3 is 0 Å². The standard InChI is InChI=1S/C46H37N7O9/c54-40-21-20-38(44(57)51-40)52-45(58)34-5-3-6-35(41(34)46(52)59)47-22-1-2-23-48-42(55)29-12-16-32(17-13-29)49-43(56)30-10-8-27(9-11-30)31-25-36(28-14-18-33(19-15-28)53(60)61)50-37(26-31)39-7-4-24-62-39/h3-19,24-26,38,47H,1-2,20-23H2,(H,48,55)(H,49,56)(H,51,54,57). The van der Waals surface area contributed by atoms with Crippen LogP contribution in [0.1, 0.15) is 67.1 Å². The minimum Gasteiger partial charge on any atom is -0.463 e. The molecule has 16 heteroatoms. The Morgan fingerprint density at radius 2 is 1.47 bits per heavy atom. The molecule has 1 fully saturated rings. The smallest absolute Gasteiger partial charge is 0.269 e. The van der Waals surface area contributed by atoms with Gasteiger partial charge in [-0.25, -0.2) is 4.98 Å². The molecular formula is C46H37N7O9. The van der Waals surface area contributed by atoms with E-state index in [2.05, 4.69) is 21.3 Å². The number of aromatic nitrogens is 1. The van der Waals surface area contributed by atoms with E-state index in [0.717, 1.165) is 16.0 Å². The number of carbonyl (C=O) groups is 6. The second kappa shape index (κ2) is 17.5. The first-order chi connectivity index (χ1) is 30.0. The summed E-state index contributed by atoms with van der Waals surface area (Å²) in [6.45, 7) is 0.829. The first-order valence-electron chi connectivity index (χ1n) is 19.7. The van der Waals surface area contributed by atoms with Gasteiger partial charge in [0.25, 0.3) is 29.3 Å². The predicted molar refractivity (Wildman–Crippen MR) is 227 cm³/mol. The van der Waals surface area contributed by atoms with Crippen molar-refractivity contribution in [2.24, 2.45) is 0 Å². The van der Waals surface area contributed by atoms with Crippen molar-refractivity contribution in [1.29, 1.82) is 0 Å². The molecule has 4 N–H and O–H groups in total. The monoisotopic (exact) mass is 831 g/mol. The number of fused-ring (bicyclic) bond motifs is 1. The number of amides is 6. The Morgan fingerprint density at radius 3 is 2.18 bits per heavy atom. The van der Waals surface area contributed by atoms with E-state index >= 15 is 0 Å². The number of imide groups is 2. The number of unbranched alkanes of at least 4 members (excludes halogenated alkanes) is 1. The first-order valence-corrected chi connectivity index (χ1v) is 19.7. The summed E-state index contributed by atoms with van der Waals surface area (Å²) in [6, 6.07) is 30.8. The lowest BCUT2D eigenvalue weighted by Gasteiger charge is -2.27. The predicted octanol–water partition coefficient (Wildman–Crippen LogP) is 6.86. The number of nitro groups is 1. The summed E-state index contributed by atoms with van der Waals surface area (Å²) in [6.07, 6.45) is 2.91. The maximum absolute atomic E-state index is 13.3. The molecule has 1 unspecified atom stereocenters. The highest BCUT2D eigenvalue weighted by Gasteiger charge is 2.45. The molecule has 4 aromatic carbocycles. The third-order valence-corrected chi connectivity index (χ3v) is 10.5. The molecule has 310 valence electrons. The quantitative estimate of drug-likeness (QED) is 0.0384. The number of nitro benzene ring substituents is 1. The Kier molecular flexibility index (Phi) is 11.4. The molecule has 2 aliphatic rings. The van der Waals surface area contributed by atoms with Gasteiger partial charge < -0.3 is 20.4 Å². The summed E-state index contributed by atoms with van der Waals surface area (Å²) in [7, 11) is 0. The summed E-state index contributed by atoms with van der Waals surface area (Å²) in [5.74, 6) is -2.34. The summed E-state index contributed by atoms with van der Waals surface area (Å²) in [5.41, 5.74) is 5.59. The van der Waals surface area contributed by atoms with Crippen LogP contribution < -0.4 is 21.3 Å². The summed E-state index contributed by atoms with van der Waals surface area (Å²) in [5, 5.41) is 22.3. The van der Waals surface area contributed by atoms with Gasteiger partial charge in [0, 0.05) is 59.7 Å². The lowest BCUT2D eigenvalue weighted by Crippen LogP contribution is -2.54. The molecule has 1 saturated heterocycles. The number of piperidine rings is 1. The number of furan rings is 1. The molecule has 0 saturated carbocycles. The molecular weight excluding hydrogens is 795 g/mol. The highest BCUT2D eigenvalue weighted by Crippen LogP contribution is 2.34. The Morgan fingerprint density at radius 1 is 0.774 bits per heavy atom. The van der Waals surface area contributed by atoms with Gasteiger partial charge in [-0.05, 0) is 115 Å². The second-order valence-corrected chi connectivity index (χ2v) is 14.6. The lowest BCUT2D eigenvalue weighted by atomic mass is 10.00. The number of anilines is 2. The van der Waals surface area contributed by atoms with Crippen LogP contribution in [0.5, 0.6) is 0 Å². The third kappa shape index (κ3) is 8.56. The largest absolute Gasteiger partial charge is 0.463 e. The molecule has 0 aliphatic carbocycles. The van der Waals surface area contributed by atoms with Gasteiger partial charge in [-0.1, -0.05) is 18.2 Å². The van der Waals surface area contributed by atoms with E-state index in [1.807, 2.05) is 24.3 Å². The average molecular weight is 832 g/mol. The van der Waals surface area contributed by atoms with E-state index in [-0.39, 0.29) is 41.5 Å². The van der Waals surface area contributed by atoms with Gasteiger partial charge in [0.15, 0.2) is 5.76 Å². The molecule has 62 heavy (non-hydrogen) atoms. The summed E-state index contributed by atoms with van der Waals surface area (Å²) >= 11 is 0. The molecule has 0 spiro atoms. The van der Waals surface area contributed by atoms with Crippen molar-refractivity contribution in [3.63, 3.8) is 0 Å². The molecule has 6 amide bonds. The van der Waals surface area contributed by atoms with Crippen LogP contribution in [0.3, 0.4) is 0 Å². The topological polar surface area (TPSA) is 223 Å². The van der Waals surface area contributed by atoms with E-state index in [0.29, 0.717) is 71.1 Å². The highest BCUT2D eigenvalue weighted by atomic mass is 16.6. The zero-order valence-electron chi connectivity index (χ0n) is 32.9. The number of nitrogens with zero attached hydrogens (tertiary/aromatic N) is 3. The van der Waals surface area contributed by atoms with Crippen LogP contribution in [0.4, 0.5) is 17.1 Å². The van der Waals surface area contributed by atoms with Gasteiger partial charge in [-0.2, -0.15) is 0 Å². The van der Waals surface area contributed by atoms with Crippen molar-refractivity contribution >= 4 is 52.5 Å². The van der Waals surface area contributed by atoms with Gasteiger partial charge in [0.2, 0.25) is 11.8 Å². The fourth-order valence-electron chi connectivity index (χ4n) is 7.31. The van der Waals surface area contributed by atoms with Gasteiger partial charge in [-0.15, -0.1) is 0 Å². The normalized spacial score (nSPS) is 14.6. The van der Waals surface area contributed by atoms with Crippen LogP contribution >= 0.6 is 0 Å². The van der Waals surface area contributed by atoms with Crippen molar-refractivity contribution in [3.05, 3.63) is 154 Å². The van der Waals surface area contributed by atoms with Crippen LogP contribution in [-0.4, -0.2) is 69.4 Å². The van der Waals surface area contributed by atoms with Crippen molar-refractivity contribution in [1.82, 2.24) is 20.5 Å². The van der Waals surface area contributed by atoms with Crippen LogP contribution in [0, 0.1) is 10.1 Å². The second-order valence-electron chi connectivity index (χ2n) is 14.6. The van der Waals surface area contributed by atoms with Crippen molar-refractivity contribution in [2.45, 2.75) is 31.7 Å². The zero-order chi connectivity index (χ0) is 43.3. The molecule has 2 aromatic heterocycles. The van der Waals surface area contributed by atoms with Crippen molar-refractivity contribution in [3.8, 4) is 33.8 Å². The maximum atomic E-state index is 13.3. The highest BCUT2D eigenvalue weighted by molar-refractivity contribution is 6.25. The minimum absolute atomic E-state index is 0.0270. The van der Waals surface area contributed by atoms with E-state index in [4.69, 9.17) is 9.40 Å². The number of non-ortho nitro benzene ring substituents is 1. The first kappa shape index (κ1) is 40.5. The molecule has 4 heterocycles. The Labute approximate surface area is 353 Å². The van der Waals surface area contributed by atoms with Crippen LogP contribution in [0.15, 0.2) is 126 Å². The zero-order valence-corrected chi connectivity index (χ0v) is 32.9. The molecule has 6 aromatic rings. The molecule has 0 bridgehead atoms. The Bertz CT molecular complexity index is 2730. The molecule has 0 radical (unpaired) electrons. The fraction of sp³-hybridized carbons (Fsp3) is 0.152. The van der Waals surface area contributed by atoms with Crippen LogP contribution in [0.2, 0.25) is 0 Å². The van der Waals surface area contributed by atoms with Crippen LogP contribution in [0.25, 0.3) is 33.8 Å². The van der Waals surface area contributed by atoms with Gasteiger partial charge in [0.05, 0.1) is 28.0 Å². The number of rotatable bonds is 14. The van der Waals surface area contributed by atoms with Crippen LogP contribution in [-0.2, 0) is 9.59 Å². The number of hydrogen-bond acceptors (Lipinski definition) is 11. The van der Waals surface area contributed by atoms with E-state index in [1.165, 1.54) is 18.2 Å². The third-order valence-electron chi connectivity index (χ3n) is 10.5. The molecule has 16 nitrogen and oxygen atoms in total. The van der Waals surface area contributed by atoms with Crippen molar-refractivity contribution < 1.29 is 38.1 Å². The number of nitrogens with one attached hydrogen (secondary N) is 4. The fourth-order valence-corrected chi connectivity index (χ4v) is 7.31. The summed E-state index contributed by atoms with van der Waals surface area (Å²) in [4.78, 5) is 92.8. The molecule has 8 rings (SSSR count). The number of pyridine rings is 1. The Balaban J connectivity index is 0.819. The number of hydrogen-bond donors (Lipinski definition) is 4. The summed E-state index contributed by atoms with van der Waals surface area (Å²) < 4.78 is 5.60. The minimum atomic E-state index is -1.05. The van der Waals surface area contributed by atoms with Crippen molar-refractivity contribution in [2.75, 3.05) is 23.7 Å². The maximum Gasteiger partial charge on any atom is 0.269 e. The van der Waals surface area contributed by atoms with Gasteiger partial charge in [-0.3, -0.25) is 49.1 Å². The van der Waals surface area contributed by atoms with E-state index in [9.17, 15) is 38.9 Å². The van der Waals surface area contributed by atoms with Gasteiger partial charge in [0.1, 0.15) is 11.7 Å². The molecule has 2 aliphatic heterocycles.